The number of aryl methyl sites for hydroxylation is 1. The molecule has 0 spiro atoms. The number of carbonyl (C=O) groups excluding carboxylic acids is 2. The molecule has 5 aliphatic rings. The largest absolute Gasteiger partial charge is 0.393 e. The molecule has 5 aliphatic carbocycles. The minimum atomic E-state index is -0.508. The molecular weight excluding hydrogens is 518 g/mol. The zero-order valence-corrected chi connectivity index (χ0v) is 27.7. The number of hydrogen-bond acceptors (Lipinski definition) is 3. The number of carbonyl (C=O) groups is 2. The van der Waals surface area contributed by atoms with E-state index in [0.29, 0.717) is 11.7 Å². The lowest BCUT2D eigenvalue weighted by atomic mass is 9.31. The van der Waals surface area contributed by atoms with Gasteiger partial charge in [0.05, 0.1) is 6.10 Å². The number of benzene rings is 1. The number of ketones is 1. The molecule has 4 nitrogen and oxygen atoms in total. The summed E-state index contributed by atoms with van der Waals surface area (Å²) in [5.41, 5.74) is 2.14. The van der Waals surface area contributed by atoms with Crippen molar-refractivity contribution in [3.8, 4) is 0 Å². The third-order valence-electron chi connectivity index (χ3n) is 15.1. The van der Waals surface area contributed by atoms with Gasteiger partial charge in [0.25, 0.3) is 0 Å². The molecule has 4 saturated carbocycles. The van der Waals surface area contributed by atoms with Crippen LogP contribution in [0.2, 0.25) is 0 Å². The fraction of sp³-hybridized carbons (Fsp3) is 0.737. The first-order chi connectivity index (χ1) is 19.4. The highest BCUT2D eigenvalue weighted by atomic mass is 16.3. The molecule has 6 rings (SSSR count). The Bertz CT molecular complexity index is 1340. The van der Waals surface area contributed by atoms with Gasteiger partial charge in [-0.15, -0.1) is 0 Å². The standard InChI is InChI=1S/C38H55NO3/c1-24-10-12-25(13-11-24)39-31(42)33(4)18-19-34(5)20-21-36(7)28(38(34,9)23-33)22-26(40)30-35(6)16-15-29(41)32(2,3)27(35)14-17-37(30,36)8/h10-13,22,27,29-30,41H,14-21,23H2,1-9H3,(H,39,42)/t27-,29-,30+,33+,34+,35+,36+,37+,38+/m0/s1. The zero-order valence-electron chi connectivity index (χ0n) is 27.7. The molecular formula is C38H55NO3. The van der Waals surface area contributed by atoms with E-state index < -0.39 is 5.41 Å². The van der Waals surface area contributed by atoms with Crippen molar-refractivity contribution in [1.82, 2.24) is 0 Å². The number of fused-ring (bicyclic) bond motifs is 7. The Morgan fingerprint density at radius 1 is 0.833 bits per heavy atom. The van der Waals surface area contributed by atoms with Crippen molar-refractivity contribution in [3.63, 3.8) is 0 Å². The van der Waals surface area contributed by atoms with Crippen LogP contribution in [0.4, 0.5) is 5.69 Å². The summed E-state index contributed by atoms with van der Waals surface area (Å²) in [5.74, 6) is 0.718. The normalized spacial score (nSPS) is 47.7. The van der Waals surface area contributed by atoms with E-state index in [1.807, 2.05) is 24.3 Å². The zero-order chi connectivity index (χ0) is 30.7. The van der Waals surface area contributed by atoms with Gasteiger partial charge in [-0.2, -0.15) is 0 Å². The Morgan fingerprint density at radius 3 is 2.14 bits per heavy atom. The van der Waals surface area contributed by atoms with Gasteiger partial charge in [-0.1, -0.05) is 78.7 Å². The average Bonchev–Trinajstić information content (AvgIpc) is 2.90. The van der Waals surface area contributed by atoms with Gasteiger partial charge in [0, 0.05) is 17.0 Å². The van der Waals surface area contributed by atoms with E-state index in [9.17, 15) is 14.7 Å². The van der Waals surface area contributed by atoms with Gasteiger partial charge in [-0.3, -0.25) is 9.59 Å². The number of hydrogen-bond donors (Lipinski definition) is 2. The van der Waals surface area contributed by atoms with E-state index in [1.165, 1.54) is 11.1 Å². The second-order valence-corrected chi connectivity index (χ2v) is 17.6. The molecule has 0 aromatic heterocycles. The van der Waals surface area contributed by atoms with Gasteiger partial charge in [0.1, 0.15) is 0 Å². The molecule has 0 bridgehead atoms. The molecule has 9 atom stereocenters. The molecule has 0 radical (unpaired) electrons. The number of aliphatic hydroxyl groups is 1. The first-order valence-corrected chi connectivity index (χ1v) is 16.7. The maximum atomic E-state index is 14.7. The SMILES string of the molecule is Cc1ccc(NC(=O)[C@]2(C)CC[C@]3(C)CC[C@]4(C)C(=CC(=O)[C@@H]5[C@]6(C)CC[C@H](O)C(C)(C)[C@@H]6CC[C@]54C)[C@@]3(C)C2)cc1. The maximum absolute atomic E-state index is 14.7. The number of anilines is 1. The first-order valence-electron chi connectivity index (χ1n) is 16.7. The number of nitrogens with one attached hydrogen (secondary N) is 1. The fourth-order valence-electron chi connectivity index (χ4n) is 11.9. The van der Waals surface area contributed by atoms with Crippen molar-refractivity contribution in [1.29, 1.82) is 0 Å². The summed E-state index contributed by atoms with van der Waals surface area (Å²) in [6.45, 7) is 20.8. The summed E-state index contributed by atoms with van der Waals surface area (Å²) < 4.78 is 0. The quantitative estimate of drug-likeness (QED) is 0.372. The first kappa shape index (κ1) is 30.1. The Kier molecular flexibility index (Phi) is 6.49. The number of allylic oxidation sites excluding steroid dienone is 2. The van der Waals surface area contributed by atoms with Gasteiger partial charge in [-0.05, 0) is 121 Å². The summed E-state index contributed by atoms with van der Waals surface area (Å²) in [7, 11) is 0. The molecule has 4 fully saturated rings. The van der Waals surface area contributed by atoms with Crippen LogP contribution in [0.1, 0.15) is 119 Å². The van der Waals surface area contributed by atoms with Crippen molar-refractivity contribution >= 4 is 17.4 Å². The Labute approximate surface area is 254 Å². The average molecular weight is 574 g/mol. The molecule has 0 aliphatic heterocycles. The third kappa shape index (κ3) is 3.75. The molecule has 1 aromatic carbocycles. The topological polar surface area (TPSA) is 66.4 Å². The monoisotopic (exact) mass is 573 g/mol. The minimum absolute atomic E-state index is 0.0305. The van der Waals surface area contributed by atoms with Gasteiger partial charge < -0.3 is 10.4 Å². The Balaban J connectivity index is 1.40. The predicted molar refractivity (Wildman–Crippen MR) is 170 cm³/mol. The maximum Gasteiger partial charge on any atom is 0.230 e. The molecule has 1 aromatic rings. The van der Waals surface area contributed by atoms with E-state index in [4.69, 9.17) is 0 Å². The lowest BCUT2D eigenvalue weighted by Crippen LogP contribution is -2.68. The van der Waals surface area contributed by atoms with E-state index in [1.54, 1.807) is 0 Å². The van der Waals surface area contributed by atoms with E-state index in [2.05, 4.69) is 73.7 Å². The van der Waals surface area contributed by atoms with Crippen molar-refractivity contribution in [2.24, 2.45) is 49.7 Å². The highest BCUT2D eigenvalue weighted by molar-refractivity contribution is 5.97. The van der Waals surface area contributed by atoms with Gasteiger partial charge in [0.2, 0.25) is 5.91 Å². The van der Waals surface area contributed by atoms with Crippen LogP contribution >= 0.6 is 0 Å². The molecule has 1 amide bonds. The third-order valence-corrected chi connectivity index (χ3v) is 15.1. The Morgan fingerprint density at radius 2 is 1.48 bits per heavy atom. The van der Waals surface area contributed by atoms with Crippen LogP contribution in [-0.2, 0) is 9.59 Å². The second-order valence-electron chi connectivity index (χ2n) is 17.6. The van der Waals surface area contributed by atoms with E-state index in [0.717, 1.165) is 63.5 Å². The van der Waals surface area contributed by atoms with Crippen molar-refractivity contribution in [3.05, 3.63) is 41.5 Å². The summed E-state index contributed by atoms with van der Waals surface area (Å²) in [6, 6.07) is 8.08. The smallest absolute Gasteiger partial charge is 0.230 e. The van der Waals surface area contributed by atoms with Crippen LogP contribution in [0, 0.1) is 56.7 Å². The molecule has 2 N–H and O–H groups in total. The summed E-state index contributed by atoms with van der Waals surface area (Å²) in [6.07, 6.45) is 10.4. The van der Waals surface area contributed by atoms with Crippen molar-refractivity contribution in [2.75, 3.05) is 5.32 Å². The second kappa shape index (κ2) is 9.05. The predicted octanol–water partition coefficient (Wildman–Crippen LogP) is 8.67. The molecule has 4 heteroatoms. The highest BCUT2D eigenvalue weighted by Crippen LogP contribution is 2.77. The fourth-order valence-corrected chi connectivity index (χ4v) is 11.9. The van der Waals surface area contributed by atoms with Gasteiger partial charge in [-0.25, -0.2) is 0 Å². The Hall–Kier alpha value is -1.94. The van der Waals surface area contributed by atoms with E-state index >= 15 is 0 Å². The molecule has 0 saturated heterocycles. The number of rotatable bonds is 2. The van der Waals surface area contributed by atoms with Crippen molar-refractivity contribution in [2.45, 2.75) is 126 Å². The lowest BCUT2D eigenvalue weighted by Gasteiger charge is -2.72. The molecule has 0 unspecified atom stereocenters. The van der Waals surface area contributed by atoms with Crippen LogP contribution < -0.4 is 5.32 Å². The summed E-state index contributed by atoms with van der Waals surface area (Å²) in [5, 5.41) is 14.3. The van der Waals surface area contributed by atoms with Crippen LogP contribution in [0.5, 0.6) is 0 Å². The van der Waals surface area contributed by atoms with Crippen LogP contribution in [-0.4, -0.2) is 22.9 Å². The number of amides is 1. The van der Waals surface area contributed by atoms with Gasteiger partial charge in [0.15, 0.2) is 5.78 Å². The van der Waals surface area contributed by atoms with Crippen LogP contribution in [0.3, 0.4) is 0 Å². The lowest BCUT2D eigenvalue weighted by molar-refractivity contribution is -0.207. The highest BCUT2D eigenvalue weighted by Gasteiger charge is 2.72. The summed E-state index contributed by atoms with van der Waals surface area (Å²) >= 11 is 0. The van der Waals surface area contributed by atoms with Crippen LogP contribution in [0.15, 0.2) is 35.9 Å². The van der Waals surface area contributed by atoms with E-state index in [-0.39, 0.29) is 50.4 Å². The molecule has 230 valence electrons. The molecule has 0 heterocycles. The van der Waals surface area contributed by atoms with Crippen LogP contribution in [0.25, 0.3) is 0 Å². The molecule has 42 heavy (non-hydrogen) atoms. The number of aliphatic hydroxyl groups excluding tert-OH is 1. The minimum Gasteiger partial charge on any atom is -0.393 e. The van der Waals surface area contributed by atoms with Crippen molar-refractivity contribution < 1.29 is 14.7 Å². The van der Waals surface area contributed by atoms with Gasteiger partial charge >= 0.3 is 0 Å². The summed E-state index contributed by atoms with van der Waals surface area (Å²) in [4.78, 5) is 28.6.